The van der Waals surface area contributed by atoms with Crippen LogP contribution in [0.1, 0.15) is 24.3 Å². The van der Waals surface area contributed by atoms with Gasteiger partial charge in [0.1, 0.15) is 0 Å². The molecule has 0 spiro atoms. The minimum absolute atomic E-state index is 0. The summed E-state index contributed by atoms with van der Waals surface area (Å²) in [5.41, 5.74) is 7.22. The highest BCUT2D eigenvalue weighted by Gasteiger charge is 2.36. The molecule has 4 heteroatoms. The summed E-state index contributed by atoms with van der Waals surface area (Å²) in [4.78, 5) is 14.7. The van der Waals surface area contributed by atoms with Crippen molar-refractivity contribution in [2.75, 3.05) is 19.6 Å². The third kappa shape index (κ3) is 4.69. The lowest BCUT2D eigenvalue weighted by molar-refractivity contribution is -0.134. The molecule has 0 unspecified atom stereocenters. The van der Waals surface area contributed by atoms with Crippen LogP contribution in [-0.2, 0) is 4.79 Å². The van der Waals surface area contributed by atoms with Crippen LogP contribution in [0.2, 0.25) is 0 Å². The lowest BCUT2D eigenvalue weighted by atomic mass is 9.89. The Hall–Kier alpha value is -1.58. The second-order valence-electron chi connectivity index (χ2n) is 6.00. The molecule has 3 nitrogen and oxygen atoms in total. The van der Waals surface area contributed by atoms with Crippen LogP contribution in [0.5, 0.6) is 0 Å². The average Bonchev–Trinajstić information content (AvgIpc) is 2.99. The molecule has 1 aromatic carbocycles. The summed E-state index contributed by atoms with van der Waals surface area (Å²) < 4.78 is 0. The Labute approximate surface area is 145 Å². The maximum atomic E-state index is 12.8. The van der Waals surface area contributed by atoms with E-state index in [4.69, 9.17) is 5.73 Å². The molecule has 0 bridgehead atoms. The lowest BCUT2D eigenvalue weighted by Crippen LogP contribution is -2.35. The molecule has 0 saturated carbocycles. The van der Waals surface area contributed by atoms with Crippen molar-refractivity contribution in [2.24, 2.45) is 17.6 Å². The van der Waals surface area contributed by atoms with Gasteiger partial charge in [-0.25, -0.2) is 0 Å². The van der Waals surface area contributed by atoms with Crippen molar-refractivity contribution in [1.82, 2.24) is 4.90 Å². The molecule has 2 rings (SSSR count). The Balaban J connectivity index is 0.00000264. The zero-order valence-corrected chi connectivity index (χ0v) is 14.4. The van der Waals surface area contributed by atoms with Crippen LogP contribution in [0, 0.1) is 11.8 Å². The number of nitrogens with two attached hydrogens (primary N) is 1. The number of carbonyl (C=O) groups excluding carboxylic acids is 1. The molecule has 1 saturated heterocycles. The fraction of sp³-hybridized carbons (Fsp3) is 0.421. The van der Waals surface area contributed by atoms with Crippen LogP contribution in [0.25, 0.3) is 0 Å². The molecule has 2 atom stereocenters. The molecule has 0 aliphatic carbocycles. The van der Waals surface area contributed by atoms with E-state index in [9.17, 15) is 4.79 Å². The minimum Gasteiger partial charge on any atom is -0.341 e. The Bertz CT molecular complexity index is 507. The van der Waals surface area contributed by atoms with E-state index < -0.39 is 0 Å². The van der Waals surface area contributed by atoms with Gasteiger partial charge in [0, 0.05) is 24.9 Å². The first kappa shape index (κ1) is 19.5. The first-order valence-corrected chi connectivity index (χ1v) is 7.96. The van der Waals surface area contributed by atoms with Gasteiger partial charge in [-0.15, -0.1) is 25.6 Å². The number of allylic oxidation sites excluding steroid dienone is 2. The number of benzene rings is 1. The second kappa shape index (κ2) is 9.53. The Kier molecular flexibility index (Phi) is 8.07. The molecule has 0 radical (unpaired) electrons. The van der Waals surface area contributed by atoms with Gasteiger partial charge in [-0.3, -0.25) is 4.79 Å². The SMILES string of the molecule is C=CCC(CC=C)C(=O)N1C[C@@H](CN)[C@H](c2ccccc2)C1.Cl. The summed E-state index contributed by atoms with van der Waals surface area (Å²) in [6.45, 7) is 9.64. The van der Waals surface area contributed by atoms with Gasteiger partial charge in [-0.2, -0.15) is 0 Å². The predicted octanol–water partition coefficient (Wildman–Crippen LogP) is 3.38. The van der Waals surface area contributed by atoms with Crippen molar-refractivity contribution < 1.29 is 4.79 Å². The van der Waals surface area contributed by atoms with Gasteiger partial charge in [0.25, 0.3) is 0 Å². The number of halogens is 1. The zero-order chi connectivity index (χ0) is 15.9. The van der Waals surface area contributed by atoms with Crippen molar-refractivity contribution in [3.8, 4) is 0 Å². The third-order valence-electron chi connectivity index (χ3n) is 4.53. The molecule has 23 heavy (non-hydrogen) atoms. The van der Waals surface area contributed by atoms with E-state index >= 15 is 0 Å². The largest absolute Gasteiger partial charge is 0.341 e. The Morgan fingerprint density at radius 1 is 1.22 bits per heavy atom. The molecule has 0 aromatic heterocycles. The molecule has 1 heterocycles. The van der Waals surface area contributed by atoms with Gasteiger partial charge < -0.3 is 10.6 Å². The minimum atomic E-state index is -0.0389. The zero-order valence-electron chi connectivity index (χ0n) is 13.6. The van der Waals surface area contributed by atoms with Crippen molar-refractivity contribution in [3.05, 3.63) is 61.2 Å². The molecule has 126 valence electrons. The van der Waals surface area contributed by atoms with Crippen LogP contribution < -0.4 is 5.73 Å². The van der Waals surface area contributed by atoms with Crippen LogP contribution in [-0.4, -0.2) is 30.4 Å². The summed E-state index contributed by atoms with van der Waals surface area (Å²) in [5.74, 6) is 0.836. The van der Waals surface area contributed by atoms with E-state index in [1.165, 1.54) is 5.56 Å². The van der Waals surface area contributed by atoms with E-state index in [-0.39, 0.29) is 24.2 Å². The maximum Gasteiger partial charge on any atom is 0.226 e. The van der Waals surface area contributed by atoms with E-state index in [0.717, 1.165) is 13.1 Å². The fourth-order valence-electron chi connectivity index (χ4n) is 3.33. The first-order chi connectivity index (χ1) is 10.7. The highest BCUT2D eigenvalue weighted by Crippen LogP contribution is 2.33. The second-order valence-corrected chi connectivity index (χ2v) is 6.00. The van der Waals surface area contributed by atoms with E-state index in [2.05, 4.69) is 25.3 Å². The van der Waals surface area contributed by atoms with Gasteiger partial charge in [-0.1, -0.05) is 42.5 Å². The van der Waals surface area contributed by atoms with E-state index in [0.29, 0.717) is 31.2 Å². The monoisotopic (exact) mass is 334 g/mol. The van der Waals surface area contributed by atoms with Crippen molar-refractivity contribution >= 4 is 18.3 Å². The molecule has 1 fully saturated rings. The smallest absolute Gasteiger partial charge is 0.226 e. The number of amides is 1. The number of hydrogen-bond donors (Lipinski definition) is 1. The molecular formula is C19H27ClN2O. The molecule has 1 amide bonds. The highest BCUT2D eigenvalue weighted by molar-refractivity contribution is 5.85. The topological polar surface area (TPSA) is 46.3 Å². The van der Waals surface area contributed by atoms with Crippen LogP contribution >= 0.6 is 12.4 Å². The van der Waals surface area contributed by atoms with E-state index in [1.807, 2.05) is 35.3 Å². The third-order valence-corrected chi connectivity index (χ3v) is 4.53. The molecule has 2 N–H and O–H groups in total. The summed E-state index contributed by atoms with van der Waals surface area (Å²) in [6, 6.07) is 10.4. The first-order valence-electron chi connectivity index (χ1n) is 7.96. The molecule has 1 aliphatic heterocycles. The average molecular weight is 335 g/mol. The van der Waals surface area contributed by atoms with Crippen molar-refractivity contribution in [2.45, 2.75) is 18.8 Å². The Morgan fingerprint density at radius 3 is 2.35 bits per heavy atom. The summed E-state index contributed by atoms with van der Waals surface area (Å²) in [6.07, 6.45) is 5.03. The summed E-state index contributed by atoms with van der Waals surface area (Å²) in [7, 11) is 0. The quantitative estimate of drug-likeness (QED) is 0.777. The van der Waals surface area contributed by atoms with Gasteiger partial charge in [0.05, 0.1) is 0 Å². The van der Waals surface area contributed by atoms with Crippen LogP contribution in [0.15, 0.2) is 55.6 Å². The van der Waals surface area contributed by atoms with Gasteiger partial charge in [0.15, 0.2) is 0 Å². The van der Waals surface area contributed by atoms with Crippen LogP contribution in [0.3, 0.4) is 0 Å². The number of hydrogen-bond acceptors (Lipinski definition) is 2. The Morgan fingerprint density at radius 2 is 1.83 bits per heavy atom. The van der Waals surface area contributed by atoms with E-state index in [1.54, 1.807) is 0 Å². The van der Waals surface area contributed by atoms with Crippen molar-refractivity contribution in [3.63, 3.8) is 0 Å². The van der Waals surface area contributed by atoms with Gasteiger partial charge in [-0.05, 0) is 30.9 Å². The number of likely N-dealkylation sites (tertiary alicyclic amines) is 1. The van der Waals surface area contributed by atoms with Crippen molar-refractivity contribution in [1.29, 1.82) is 0 Å². The normalized spacial score (nSPS) is 20.2. The standard InChI is InChI=1S/C19H26N2O.ClH/c1-3-8-16(9-4-2)19(22)21-13-17(12-20)18(14-21)15-10-6-5-7-11-15;/h3-7,10-11,16-18H,1-2,8-9,12-14,20H2;1H/t17-,18+;/m1./s1. The highest BCUT2D eigenvalue weighted by atomic mass is 35.5. The predicted molar refractivity (Wildman–Crippen MR) is 98.7 cm³/mol. The number of rotatable bonds is 7. The lowest BCUT2D eigenvalue weighted by Gasteiger charge is -2.22. The van der Waals surface area contributed by atoms with Crippen LogP contribution in [0.4, 0.5) is 0 Å². The summed E-state index contributed by atoms with van der Waals surface area (Å²) >= 11 is 0. The van der Waals surface area contributed by atoms with Gasteiger partial charge >= 0.3 is 0 Å². The molecule has 1 aromatic rings. The maximum absolute atomic E-state index is 12.8. The molecular weight excluding hydrogens is 308 g/mol. The fourth-order valence-corrected chi connectivity index (χ4v) is 3.33. The van der Waals surface area contributed by atoms with Gasteiger partial charge in [0.2, 0.25) is 5.91 Å². The number of nitrogens with zero attached hydrogens (tertiary/aromatic N) is 1. The number of carbonyl (C=O) groups is 1. The molecule has 1 aliphatic rings. The summed E-state index contributed by atoms with van der Waals surface area (Å²) in [5, 5.41) is 0.